The summed E-state index contributed by atoms with van der Waals surface area (Å²) in [5.41, 5.74) is 2.43. The first-order chi connectivity index (χ1) is 19.1. The largest absolute Gasteiger partial charge is 0.328 e. The molecule has 0 saturated carbocycles. The summed E-state index contributed by atoms with van der Waals surface area (Å²) in [5, 5.41) is 2.50. The molecule has 2 aliphatic rings. The number of urea groups is 1. The molecule has 2 fully saturated rings. The van der Waals surface area contributed by atoms with Gasteiger partial charge in [-0.1, -0.05) is 91.0 Å². The molecule has 39 heavy (non-hydrogen) atoms. The van der Waals surface area contributed by atoms with Gasteiger partial charge in [-0.25, -0.2) is 4.79 Å². The first kappa shape index (κ1) is 25.0. The number of piperidine rings is 1. The van der Waals surface area contributed by atoms with Gasteiger partial charge in [0.05, 0.1) is 6.54 Å². The van der Waals surface area contributed by atoms with E-state index in [0.717, 1.165) is 30.8 Å². The lowest BCUT2D eigenvalue weighted by atomic mass is 9.85. The zero-order valence-electron chi connectivity index (χ0n) is 21.9. The van der Waals surface area contributed by atoms with E-state index in [4.69, 9.17) is 0 Å². The van der Waals surface area contributed by atoms with Crippen molar-refractivity contribution < 1.29 is 9.59 Å². The van der Waals surface area contributed by atoms with Gasteiger partial charge < -0.3 is 4.90 Å². The molecule has 0 aliphatic carbocycles. The average Bonchev–Trinajstić information content (AvgIpc) is 3.16. The highest BCUT2D eigenvalue weighted by Gasteiger charge is 2.57. The van der Waals surface area contributed by atoms with Crippen molar-refractivity contribution in [1.29, 1.82) is 0 Å². The Kier molecular flexibility index (Phi) is 6.95. The Hall–Kier alpha value is -4.29. The number of hydrogen-bond donors (Lipinski definition) is 0. The van der Waals surface area contributed by atoms with Crippen LogP contribution in [0.25, 0.3) is 16.8 Å². The van der Waals surface area contributed by atoms with Crippen LogP contribution >= 0.6 is 0 Å². The molecule has 2 aliphatic heterocycles. The van der Waals surface area contributed by atoms with Gasteiger partial charge in [0.25, 0.3) is 5.91 Å². The number of aromatic nitrogens is 1. The molecule has 0 N–H and O–H groups in total. The maximum atomic E-state index is 14.0. The second-order valence-corrected chi connectivity index (χ2v) is 10.4. The van der Waals surface area contributed by atoms with Crippen molar-refractivity contribution in [3.05, 3.63) is 120 Å². The van der Waals surface area contributed by atoms with Crippen molar-refractivity contribution in [1.82, 2.24) is 19.7 Å². The minimum Gasteiger partial charge on any atom is -0.305 e. The molecule has 3 heterocycles. The second-order valence-electron chi connectivity index (χ2n) is 10.4. The Labute approximate surface area is 229 Å². The van der Waals surface area contributed by atoms with Crippen LogP contribution in [0.3, 0.4) is 0 Å². The minimum atomic E-state index is -0.831. The van der Waals surface area contributed by atoms with Crippen LogP contribution in [-0.2, 0) is 17.9 Å². The van der Waals surface area contributed by atoms with Gasteiger partial charge in [0.1, 0.15) is 5.54 Å². The Balaban J connectivity index is 1.22. The summed E-state index contributed by atoms with van der Waals surface area (Å²) in [6.07, 6.45) is 8.59. The molecule has 6 rings (SSSR count). The first-order valence-corrected chi connectivity index (χ1v) is 13.6. The van der Waals surface area contributed by atoms with E-state index < -0.39 is 5.54 Å². The van der Waals surface area contributed by atoms with Gasteiger partial charge in [-0.15, -0.1) is 0 Å². The fourth-order valence-electron chi connectivity index (χ4n) is 5.93. The first-order valence-electron chi connectivity index (χ1n) is 13.6. The molecule has 1 aromatic heterocycles. The van der Waals surface area contributed by atoms with Crippen LogP contribution in [0, 0.1) is 0 Å². The quantitative estimate of drug-likeness (QED) is 0.294. The standard InChI is InChI=1S/C33H32N4O2/c38-31-33(17-21-35(22-18-33)25-29-15-6-14-28-13-4-5-16-30(28)29)37(24-27-11-7-19-34-23-27)32(39)36(31)20-8-12-26-9-2-1-3-10-26/h1-16,19,23H,17-18,20-22,24-25H2. The van der Waals surface area contributed by atoms with E-state index in [-0.39, 0.29) is 18.5 Å². The number of benzene rings is 3. The second kappa shape index (κ2) is 10.8. The Morgan fingerprint density at radius 3 is 2.38 bits per heavy atom. The summed E-state index contributed by atoms with van der Waals surface area (Å²) in [7, 11) is 0. The van der Waals surface area contributed by atoms with Gasteiger partial charge in [-0.2, -0.15) is 0 Å². The molecular weight excluding hydrogens is 484 g/mol. The monoisotopic (exact) mass is 516 g/mol. The van der Waals surface area contributed by atoms with Crippen molar-refractivity contribution in [2.45, 2.75) is 31.5 Å². The summed E-state index contributed by atoms with van der Waals surface area (Å²) in [6.45, 7) is 2.96. The molecular formula is C33H32N4O2. The van der Waals surface area contributed by atoms with Crippen molar-refractivity contribution in [2.24, 2.45) is 0 Å². The molecule has 1 spiro atoms. The highest BCUT2D eigenvalue weighted by molar-refractivity contribution is 6.07. The van der Waals surface area contributed by atoms with Crippen molar-refractivity contribution in [3.63, 3.8) is 0 Å². The van der Waals surface area contributed by atoms with E-state index in [9.17, 15) is 9.59 Å². The third-order valence-electron chi connectivity index (χ3n) is 8.04. The van der Waals surface area contributed by atoms with Crippen LogP contribution in [-0.4, -0.2) is 56.8 Å². The number of likely N-dealkylation sites (tertiary alicyclic amines) is 1. The number of nitrogens with zero attached hydrogens (tertiary/aromatic N) is 4. The number of carbonyl (C=O) groups excluding carboxylic acids is 2. The Morgan fingerprint density at radius 2 is 1.59 bits per heavy atom. The van der Waals surface area contributed by atoms with Crippen molar-refractivity contribution in [2.75, 3.05) is 19.6 Å². The van der Waals surface area contributed by atoms with E-state index in [1.807, 2.05) is 54.6 Å². The maximum absolute atomic E-state index is 14.0. The lowest BCUT2D eigenvalue weighted by Gasteiger charge is -2.42. The number of carbonyl (C=O) groups is 2. The molecule has 0 atom stereocenters. The SMILES string of the molecule is O=C1N(CC=Cc2ccccc2)C(=O)C2(CCN(Cc3cccc4ccccc34)CC2)N1Cc1cccnc1. The van der Waals surface area contributed by atoms with Crippen molar-refractivity contribution >= 4 is 28.8 Å². The topological polar surface area (TPSA) is 56.8 Å². The highest BCUT2D eigenvalue weighted by Crippen LogP contribution is 2.39. The van der Waals surface area contributed by atoms with Gasteiger partial charge in [0.15, 0.2) is 0 Å². The highest BCUT2D eigenvalue weighted by atomic mass is 16.2. The molecule has 6 heteroatoms. The van der Waals surface area contributed by atoms with Gasteiger partial charge in [-0.05, 0) is 46.4 Å². The van der Waals surface area contributed by atoms with E-state index in [0.29, 0.717) is 19.4 Å². The summed E-state index contributed by atoms with van der Waals surface area (Å²) in [5.74, 6) is -0.0843. The van der Waals surface area contributed by atoms with E-state index in [1.54, 1.807) is 17.3 Å². The Bertz CT molecular complexity index is 1490. The zero-order valence-corrected chi connectivity index (χ0v) is 21.9. The predicted molar refractivity (Wildman–Crippen MR) is 154 cm³/mol. The molecule has 6 nitrogen and oxygen atoms in total. The van der Waals surface area contributed by atoms with Crippen LogP contribution in [0.5, 0.6) is 0 Å². The number of rotatable bonds is 7. The number of pyridine rings is 1. The zero-order chi connectivity index (χ0) is 26.7. The molecule has 2 saturated heterocycles. The minimum absolute atomic E-state index is 0.0843. The van der Waals surface area contributed by atoms with Crippen LogP contribution in [0.15, 0.2) is 103 Å². The van der Waals surface area contributed by atoms with E-state index >= 15 is 0 Å². The van der Waals surface area contributed by atoms with Crippen molar-refractivity contribution in [3.8, 4) is 0 Å². The number of fused-ring (bicyclic) bond motifs is 1. The lowest BCUT2D eigenvalue weighted by molar-refractivity contribution is -0.135. The summed E-state index contributed by atoms with van der Waals surface area (Å²) in [4.78, 5) is 37.6. The van der Waals surface area contributed by atoms with Gasteiger partial charge in [0, 0.05) is 38.6 Å². The smallest absolute Gasteiger partial charge is 0.305 e. The van der Waals surface area contributed by atoms with E-state index in [2.05, 4.69) is 52.3 Å². The molecule has 196 valence electrons. The fraction of sp³-hybridized carbons (Fsp3) is 0.242. The van der Waals surface area contributed by atoms with Gasteiger partial charge >= 0.3 is 6.03 Å². The molecule has 4 aromatic rings. The molecule has 3 amide bonds. The third kappa shape index (κ3) is 4.95. The molecule has 0 unspecified atom stereocenters. The molecule has 3 aromatic carbocycles. The summed E-state index contributed by atoms with van der Waals surface area (Å²) in [6, 6.07) is 28.5. The van der Waals surface area contributed by atoms with Crippen LogP contribution in [0.1, 0.15) is 29.5 Å². The normalized spacial score (nSPS) is 17.6. The summed E-state index contributed by atoms with van der Waals surface area (Å²) < 4.78 is 0. The number of hydrogen-bond acceptors (Lipinski definition) is 4. The number of imide groups is 1. The fourth-order valence-corrected chi connectivity index (χ4v) is 5.93. The average molecular weight is 517 g/mol. The van der Waals surface area contributed by atoms with Crippen LogP contribution < -0.4 is 0 Å². The summed E-state index contributed by atoms with van der Waals surface area (Å²) >= 11 is 0. The number of amides is 3. The van der Waals surface area contributed by atoms with Crippen LogP contribution in [0.2, 0.25) is 0 Å². The maximum Gasteiger partial charge on any atom is 0.328 e. The molecule has 0 bridgehead atoms. The lowest BCUT2D eigenvalue weighted by Crippen LogP contribution is -2.56. The molecule has 0 radical (unpaired) electrons. The van der Waals surface area contributed by atoms with Gasteiger partial charge in [-0.3, -0.25) is 19.6 Å². The van der Waals surface area contributed by atoms with Crippen LogP contribution in [0.4, 0.5) is 4.79 Å². The third-order valence-corrected chi connectivity index (χ3v) is 8.04. The van der Waals surface area contributed by atoms with E-state index in [1.165, 1.54) is 21.2 Å². The predicted octanol–water partition coefficient (Wildman–Crippen LogP) is 5.75. The Morgan fingerprint density at radius 1 is 0.821 bits per heavy atom. The van der Waals surface area contributed by atoms with Gasteiger partial charge in [0.2, 0.25) is 0 Å².